The summed E-state index contributed by atoms with van der Waals surface area (Å²) in [6.45, 7) is 3.95. The number of rotatable bonds is 6. The topological polar surface area (TPSA) is 57.1 Å². The van der Waals surface area contributed by atoms with E-state index in [2.05, 4.69) is 4.99 Å². The summed E-state index contributed by atoms with van der Waals surface area (Å²) in [7, 11) is 4.51. The SMILES string of the molecule is CCOC(=O)C(=N\C)/C(OC)=C(/OC)c1ccccc1C. The number of carbonyl (C=O) groups excluding carboxylic acids is 1. The molecule has 0 N–H and O–H groups in total. The van der Waals surface area contributed by atoms with E-state index < -0.39 is 5.97 Å². The number of methoxy groups -OCH3 is 2. The number of ether oxygens (including phenoxy) is 3. The molecule has 0 heterocycles. The first-order valence-electron chi connectivity index (χ1n) is 6.63. The van der Waals surface area contributed by atoms with E-state index in [0.717, 1.165) is 11.1 Å². The van der Waals surface area contributed by atoms with Crippen LogP contribution in [0.5, 0.6) is 0 Å². The second-order valence-electron chi connectivity index (χ2n) is 4.17. The Bertz CT molecular complexity index is 561. The second-order valence-corrected chi connectivity index (χ2v) is 4.17. The molecule has 5 nitrogen and oxygen atoms in total. The smallest absolute Gasteiger partial charge is 0.360 e. The highest BCUT2D eigenvalue weighted by molar-refractivity contribution is 6.43. The van der Waals surface area contributed by atoms with Crippen molar-refractivity contribution >= 4 is 17.4 Å². The molecule has 0 aliphatic carbocycles. The Hall–Kier alpha value is -2.30. The van der Waals surface area contributed by atoms with Gasteiger partial charge in [-0.15, -0.1) is 0 Å². The fourth-order valence-corrected chi connectivity index (χ4v) is 1.93. The molecule has 0 saturated carbocycles. The molecule has 0 spiro atoms. The van der Waals surface area contributed by atoms with Crippen LogP contribution in [0.1, 0.15) is 18.1 Å². The molecule has 0 saturated heterocycles. The van der Waals surface area contributed by atoms with Gasteiger partial charge in [-0.05, 0) is 19.4 Å². The molecule has 0 unspecified atom stereocenters. The maximum Gasteiger partial charge on any atom is 0.360 e. The van der Waals surface area contributed by atoms with Crippen LogP contribution >= 0.6 is 0 Å². The molecule has 1 rings (SSSR count). The fraction of sp³-hybridized carbons (Fsp3) is 0.375. The van der Waals surface area contributed by atoms with Gasteiger partial charge in [-0.3, -0.25) is 4.99 Å². The molecule has 0 aliphatic heterocycles. The molecular formula is C16H21NO4. The van der Waals surface area contributed by atoms with Crippen LogP contribution in [0, 0.1) is 6.92 Å². The minimum Gasteiger partial charge on any atom is -0.492 e. The average Bonchev–Trinajstić information content (AvgIpc) is 2.49. The van der Waals surface area contributed by atoms with Gasteiger partial charge in [0.15, 0.2) is 17.2 Å². The summed E-state index contributed by atoms with van der Waals surface area (Å²) >= 11 is 0. The number of hydrogen-bond donors (Lipinski definition) is 0. The maximum atomic E-state index is 12.0. The van der Waals surface area contributed by atoms with Crippen molar-refractivity contribution in [2.45, 2.75) is 13.8 Å². The summed E-state index contributed by atoms with van der Waals surface area (Å²) < 4.78 is 15.8. The summed E-state index contributed by atoms with van der Waals surface area (Å²) in [6.07, 6.45) is 0. The zero-order valence-corrected chi connectivity index (χ0v) is 13.1. The molecule has 1 aromatic carbocycles. The van der Waals surface area contributed by atoms with E-state index in [-0.39, 0.29) is 18.1 Å². The molecule has 0 aromatic heterocycles. The largest absolute Gasteiger partial charge is 0.492 e. The number of hydrogen-bond acceptors (Lipinski definition) is 5. The van der Waals surface area contributed by atoms with Crippen molar-refractivity contribution in [3.63, 3.8) is 0 Å². The summed E-state index contributed by atoms with van der Waals surface area (Å²) in [6, 6.07) is 7.67. The first-order valence-corrected chi connectivity index (χ1v) is 6.63. The Balaban J connectivity index is 3.43. The van der Waals surface area contributed by atoms with Crippen molar-refractivity contribution in [1.82, 2.24) is 0 Å². The predicted octanol–water partition coefficient (Wildman–Crippen LogP) is 2.59. The number of aliphatic imine (C=N–C) groups is 1. The molecule has 21 heavy (non-hydrogen) atoms. The van der Waals surface area contributed by atoms with Crippen LogP contribution in [-0.2, 0) is 19.0 Å². The highest BCUT2D eigenvalue weighted by atomic mass is 16.5. The zero-order valence-electron chi connectivity index (χ0n) is 13.1. The predicted molar refractivity (Wildman–Crippen MR) is 82.1 cm³/mol. The minimum absolute atomic E-state index is 0.0967. The number of benzene rings is 1. The van der Waals surface area contributed by atoms with E-state index >= 15 is 0 Å². The van der Waals surface area contributed by atoms with E-state index in [9.17, 15) is 4.79 Å². The average molecular weight is 291 g/mol. The molecule has 0 aliphatic rings. The Morgan fingerprint density at radius 1 is 1.19 bits per heavy atom. The van der Waals surface area contributed by atoms with Crippen molar-refractivity contribution in [2.24, 2.45) is 4.99 Å². The lowest BCUT2D eigenvalue weighted by Gasteiger charge is -2.15. The van der Waals surface area contributed by atoms with E-state index in [4.69, 9.17) is 14.2 Å². The number of esters is 1. The van der Waals surface area contributed by atoms with Crippen LogP contribution in [0.3, 0.4) is 0 Å². The van der Waals surface area contributed by atoms with Crippen molar-refractivity contribution in [1.29, 1.82) is 0 Å². The highest BCUT2D eigenvalue weighted by Gasteiger charge is 2.24. The Morgan fingerprint density at radius 2 is 1.86 bits per heavy atom. The van der Waals surface area contributed by atoms with Gasteiger partial charge in [-0.25, -0.2) is 4.79 Å². The molecule has 5 heteroatoms. The second kappa shape index (κ2) is 8.09. The molecule has 0 atom stereocenters. The summed E-state index contributed by atoms with van der Waals surface area (Å²) in [5.41, 5.74) is 1.94. The van der Waals surface area contributed by atoms with Gasteiger partial charge in [0.05, 0.1) is 20.8 Å². The van der Waals surface area contributed by atoms with E-state index in [1.165, 1.54) is 21.3 Å². The van der Waals surface area contributed by atoms with Crippen LogP contribution < -0.4 is 0 Å². The van der Waals surface area contributed by atoms with E-state index in [1.807, 2.05) is 31.2 Å². The summed E-state index contributed by atoms with van der Waals surface area (Å²) in [5.74, 6) is 0.164. The molecule has 0 radical (unpaired) electrons. The van der Waals surface area contributed by atoms with Crippen molar-refractivity contribution in [3.8, 4) is 0 Å². The van der Waals surface area contributed by atoms with Gasteiger partial charge in [-0.1, -0.05) is 24.3 Å². The lowest BCUT2D eigenvalue weighted by Crippen LogP contribution is -2.22. The zero-order chi connectivity index (χ0) is 15.8. The van der Waals surface area contributed by atoms with Crippen LogP contribution in [0.2, 0.25) is 0 Å². The minimum atomic E-state index is -0.542. The van der Waals surface area contributed by atoms with E-state index in [0.29, 0.717) is 5.76 Å². The van der Waals surface area contributed by atoms with Gasteiger partial charge in [-0.2, -0.15) is 0 Å². The quantitative estimate of drug-likeness (QED) is 0.459. The standard InChI is InChI=1S/C16H21NO4/c1-6-21-16(18)13(17-3)15(20-5)14(19-4)12-10-8-7-9-11(12)2/h7-10H,6H2,1-5H3/b15-14-,17-13-. The van der Waals surface area contributed by atoms with Gasteiger partial charge in [0.1, 0.15) is 0 Å². The Kier molecular flexibility index (Phi) is 6.46. The first-order chi connectivity index (χ1) is 10.1. The maximum absolute atomic E-state index is 12.0. The molecule has 1 aromatic rings. The third kappa shape index (κ3) is 3.84. The van der Waals surface area contributed by atoms with Crippen molar-refractivity contribution in [2.75, 3.05) is 27.9 Å². The van der Waals surface area contributed by atoms with Crippen LogP contribution in [0.15, 0.2) is 35.0 Å². The van der Waals surface area contributed by atoms with Gasteiger partial charge < -0.3 is 14.2 Å². The monoisotopic (exact) mass is 291 g/mol. The van der Waals surface area contributed by atoms with Gasteiger partial charge in [0.2, 0.25) is 0 Å². The lowest BCUT2D eigenvalue weighted by molar-refractivity contribution is -0.135. The van der Waals surface area contributed by atoms with Crippen molar-refractivity contribution in [3.05, 3.63) is 41.2 Å². The third-order valence-electron chi connectivity index (χ3n) is 2.91. The Labute approximate surface area is 125 Å². The molecule has 0 amide bonds. The van der Waals surface area contributed by atoms with Gasteiger partial charge >= 0.3 is 5.97 Å². The van der Waals surface area contributed by atoms with Gasteiger partial charge in [0, 0.05) is 12.6 Å². The third-order valence-corrected chi connectivity index (χ3v) is 2.91. The van der Waals surface area contributed by atoms with Crippen LogP contribution in [0.4, 0.5) is 0 Å². The molecule has 114 valence electrons. The van der Waals surface area contributed by atoms with Crippen LogP contribution in [0.25, 0.3) is 5.76 Å². The molecule has 0 bridgehead atoms. The number of nitrogens with zero attached hydrogens (tertiary/aromatic N) is 1. The van der Waals surface area contributed by atoms with Gasteiger partial charge in [0.25, 0.3) is 0 Å². The molecular weight excluding hydrogens is 270 g/mol. The molecule has 0 fully saturated rings. The normalized spacial score (nSPS) is 12.5. The summed E-state index contributed by atoms with van der Waals surface area (Å²) in [5, 5.41) is 0. The number of carbonyl (C=O) groups is 1. The summed E-state index contributed by atoms with van der Waals surface area (Å²) in [4.78, 5) is 16.0. The number of aryl methyl sites for hydroxylation is 1. The van der Waals surface area contributed by atoms with E-state index in [1.54, 1.807) is 6.92 Å². The van der Waals surface area contributed by atoms with Crippen molar-refractivity contribution < 1.29 is 19.0 Å². The first kappa shape index (κ1) is 16.8. The highest BCUT2D eigenvalue weighted by Crippen LogP contribution is 2.24. The fourth-order valence-electron chi connectivity index (χ4n) is 1.93. The lowest BCUT2D eigenvalue weighted by atomic mass is 10.0. The Morgan fingerprint density at radius 3 is 2.33 bits per heavy atom. The van der Waals surface area contributed by atoms with Crippen LogP contribution in [-0.4, -0.2) is 39.6 Å².